The fourth-order valence-corrected chi connectivity index (χ4v) is 1.46. The van der Waals surface area contributed by atoms with Crippen LogP contribution in [0, 0.1) is 17.1 Å². The molecule has 2 atom stereocenters. The first-order chi connectivity index (χ1) is 7.19. The van der Waals surface area contributed by atoms with Crippen LogP contribution in [0.5, 0.6) is 0 Å². The Morgan fingerprint density at radius 2 is 2.13 bits per heavy atom. The van der Waals surface area contributed by atoms with Gasteiger partial charge < -0.3 is 0 Å². The Morgan fingerprint density at radius 1 is 1.47 bits per heavy atom. The molecule has 0 aliphatic heterocycles. The summed E-state index contributed by atoms with van der Waals surface area (Å²) in [5.74, 6) is -0.231. The highest BCUT2D eigenvalue weighted by Crippen LogP contribution is 2.16. The van der Waals surface area contributed by atoms with Crippen LogP contribution in [0.2, 0.25) is 0 Å². The number of halogens is 1. The second kappa shape index (κ2) is 5.47. The van der Waals surface area contributed by atoms with Gasteiger partial charge in [0.1, 0.15) is 5.82 Å². The van der Waals surface area contributed by atoms with Gasteiger partial charge in [0.2, 0.25) is 0 Å². The second-order valence-corrected chi connectivity index (χ2v) is 3.50. The third kappa shape index (κ3) is 3.03. The van der Waals surface area contributed by atoms with Crippen LogP contribution >= 0.6 is 0 Å². The normalized spacial score (nSPS) is 14.3. The summed E-state index contributed by atoms with van der Waals surface area (Å²) >= 11 is 0. The van der Waals surface area contributed by atoms with E-state index in [0.717, 1.165) is 6.42 Å². The summed E-state index contributed by atoms with van der Waals surface area (Å²) < 4.78 is 13.4. The molecule has 80 valence electrons. The van der Waals surface area contributed by atoms with E-state index in [2.05, 4.69) is 11.4 Å². The Morgan fingerprint density at radius 3 is 2.67 bits per heavy atom. The van der Waals surface area contributed by atoms with Gasteiger partial charge in [-0.3, -0.25) is 5.32 Å². The van der Waals surface area contributed by atoms with E-state index in [1.165, 1.54) is 6.07 Å². The molecule has 15 heavy (non-hydrogen) atoms. The molecule has 0 heterocycles. The molecule has 1 aromatic rings. The highest BCUT2D eigenvalue weighted by atomic mass is 19.1. The molecule has 2 unspecified atom stereocenters. The standard InChI is InChI=1S/C12H15FN2/c1-3-10(8-14)15-9(2)11-6-4-5-7-12(11)13/h4-7,9-10,15H,3H2,1-2H3. The van der Waals surface area contributed by atoms with Crippen molar-refractivity contribution < 1.29 is 4.39 Å². The minimum absolute atomic E-state index is 0.143. The number of nitriles is 1. The number of nitrogens with one attached hydrogen (secondary N) is 1. The molecule has 0 fully saturated rings. The highest BCUT2D eigenvalue weighted by molar-refractivity contribution is 5.21. The van der Waals surface area contributed by atoms with Crippen molar-refractivity contribution in [1.29, 1.82) is 5.26 Å². The van der Waals surface area contributed by atoms with Gasteiger partial charge in [-0.05, 0) is 19.4 Å². The van der Waals surface area contributed by atoms with Crippen molar-refractivity contribution in [3.05, 3.63) is 35.6 Å². The van der Waals surface area contributed by atoms with Gasteiger partial charge in [-0.25, -0.2) is 4.39 Å². The van der Waals surface area contributed by atoms with Crippen LogP contribution in [-0.2, 0) is 0 Å². The molecule has 0 bridgehead atoms. The van der Waals surface area contributed by atoms with Crippen molar-refractivity contribution >= 4 is 0 Å². The zero-order chi connectivity index (χ0) is 11.3. The third-order valence-electron chi connectivity index (χ3n) is 2.39. The number of hydrogen-bond acceptors (Lipinski definition) is 2. The quantitative estimate of drug-likeness (QED) is 0.822. The summed E-state index contributed by atoms with van der Waals surface area (Å²) in [6, 6.07) is 8.39. The summed E-state index contributed by atoms with van der Waals surface area (Å²) in [6.07, 6.45) is 0.718. The Hall–Kier alpha value is -1.40. The maximum atomic E-state index is 13.4. The topological polar surface area (TPSA) is 35.8 Å². The first-order valence-electron chi connectivity index (χ1n) is 5.09. The molecule has 0 radical (unpaired) electrons. The van der Waals surface area contributed by atoms with Gasteiger partial charge in [-0.15, -0.1) is 0 Å². The minimum Gasteiger partial charge on any atom is -0.295 e. The maximum absolute atomic E-state index is 13.4. The molecule has 1 rings (SSSR count). The monoisotopic (exact) mass is 206 g/mol. The lowest BCUT2D eigenvalue weighted by Crippen LogP contribution is -2.30. The molecule has 0 saturated carbocycles. The molecule has 0 aromatic heterocycles. The molecule has 0 spiro atoms. The lowest BCUT2D eigenvalue weighted by atomic mass is 10.1. The largest absolute Gasteiger partial charge is 0.295 e. The van der Waals surface area contributed by atoms with Gasteiger partial charge in [-0.2, -0.15) is 5.26 Å². The fraction of sp³-hybridized carbons (Fsp3) is 0.417. The molecule has 0 amide bonds. The van der Waals surface area contributed by atoms with Crippen LogP contribution in [0.4, 0.5) is 4.39 Å². The van der Waals surface area contributed by atoms with Crippen molar-refractivity contribution in [2.24, 2.45) is 0 Å². The Bertz CT molecular complexity index is 357. The van der Waals surface area contributed by atoms with Crippen LogP contribution in [0.25, 0.3) is 0 Å². The van der Waals surface area contributed by atoms with E-state index < -0.39 is 0 Å². The number of benzene rings is 1. The van der Waals surface area contributed by atoms with Crippen molar-refractivity contribution in [2.75, 3.05) is 0 Å². The van der Waals surface area contributed by atoms with Crippen LogP contribution < -0.4 is 5.32 Å². The third-order valence-corrected chi connectivity index (χ3v) is 2.39. The molecule has 1 aromatic carbocycles. The van der Waals surface area contributed by atoms with Gasteiger partial charge >= 0.3 is 0 Å². The number of rotatable bonds is 4. The molecular weight excluding hydrogens is 191 g/mol. The SMILES string of the molecule is CCC(C#N)NC(C)c1ccccc1F. The van der Waals surface area contributed by atoms with E-state index in [1.54, 1.807) is 18.2 Å². The summed E-state index contributed by atoms with van der Waals surface area (Å²) in [7, 11) is 0. The molecule has 1 N–H and O–H groups in total. The van der Waals surface area contributed by atoms with Crippen LogP contribution in [0.15, 0.2) is 24.3 Å². The first kappa shape index (κ1) is 11.7. The summed E-state index contributed by atoms with van der Waals surface area (Å²) in [5, 5.41) is 11.9. The van der Waals surface area contributed by atoms with Gasteiger partial charge in [-0.1, -0.05) is 25.1 Å². The summed E-state index contributed by atoms with van der Waals surface area (Å²) in [5.41, 5.74) is 0.603. The first-order valence-corrected chi connectivity index (χ1v) is 5.09. The summed E-state index contributed by atoms with van der Waals surface area (Å²) in [6.45, 7) is 3.79. The number of nitrogens with zero attached hydrogens (tertiary/aromatic N) is 1. The average molecular weight is 206 g/mol. The van der Waals surface area contributed by atoms with Gasteiger partial charge in [0.05, 0.1) is 12.1 Å². The molecule has 0 saturated heterocycles. The van der Waals surface area contributed by atoms with Gasteiger partial charge in [0, 0.05) is 11.6 Å². The maximum Gasteiger partial charge on any atom is 0.127 e. The van der Waals surface area contributed by atoms with Crippen LogP contribution in [0.1, 0.15) is 31.9 Å². The molecule has 0 aliphatic carbocycles. The molecule has 2 nitrogen and oxygen atoms in total. The molecular formula is C12H15FN2. The molecule has 0 aliphatic rings. The second-order valence-electron chi connectivity index (χ2n) is 3.50. The van der Waals surface area contributed by atoms with Gasteiger partial charge in [0.25, 0.3) is 0 Å². The van der Waals surface area contributed by atoms with Crippen LogP contribution in [0.3, 0.4) is 0 Å². The lowest BCUT2D eigenvalue weighted by Gasteiger charge is -2.17. The van der Waals surface area contributed by atoms with E-state index in [0.29, 0.717) is 5.56 Å². The van der Waals surface area contributed by atoms with Crippen molar-refractivity contribution in [3.63, 3.8) is 0 Å². The average Bonchev–Trinajstić information content (AvgIpc) is 2.26. The van der Waals surface area contributed by atoms with Crippen molar-refractivity contribution in [3.8, 4) is 6.07 Å². The Labute approximate surface area is 89.7 Å². The number of hydrogen-bond donors (Lipinski definition) is 1. The summed E-state index contributed by atoms with van der Waals surface area (Å²) in [4.78, 5) is 0. The zero-order valence-corrected chi connectivity index (χ0v) is 9.00. The molecule has 3 heteroatoms. The lowest BCUT2D eigenvalue weighted by molar-refractivity contribution is 0.486. The van der Waals surface area contributed by atoms with E-state index in [1.807, 2.05) is 13.8 Å². The van der Waals surface area contributed by atoms with Crippen molar-refractivity contribution in [2.45, 2.75) is 32.4 Å². The highest BCUT2D eigenvalue weighted by Gasteiger charge is 2.13. The van der Waals surface area contributed by atoms with E-state index >= 15 is 0 Å². The predicted octanol–water partition coefficient (Wildman–Crippen LogP) is 2.78. The zero-order valence-electron chi connectivity index (χ0n) is 9.00. The fourth-order valence-electron chi connectivity index (χ4n) is 1.46. The minimum atomic E-state index is -0.231. The Kier molecular flexibility index (Phi) is 4.26. The van der Waals surface area contributed by atoms with E-state index in [4.69, 9.17) is 5.26 Å². The smallest absolute Gasteiger partial charge is 0.127 e. The van der Waals surface area contributed by atoms with Gasteiger partial charge in [0.15, 0.2) is 0 Å². The predicted molar refractivity (Wildman–Crippen MR) is 57.6 cm³/mol. The van der Waals surface area contributed by atoms with E-state index in [-0.39, 0.29) is 17.9 Å². The Balaban J connectivity index is 2.73. The van der Waals surface area contributed by atoms with Crippen LogP contribution in [-0.4, -0.2) is 6.04 Å². The van der Waals surface area contributed by atoms with Crippen molar-refractivity contribution in [1.82, 2.24) is 5.32 Å². The van der Waals surface area contributed by atoms with E-state index in [9.17, 15) is 4.39 Å².